The minimum Gasteiger partial charge on any atom is -0.394 e. The van der Waals surface area contributed by atoms with Gasteiger partial charge in [0.15, 0.2) is 0 Å². The van der Waals surface area contributed by atoms with E-state index >= 15 is 0 Å². The SMILES string of the molecule is OC[C@H]1OC(O)(C(F)OF)[C@@H](O)[C@@H]1O. The molecule has 6 nitrogen and oxygen atoms in total. The molecule has 1 aliphatic rings. The van der Waals surface area contributed by atoms with Crippen molar-refractivity contribution in [2.45, 2.75) is 30.5 Å². The number of hydrogen-bond acceptors (Lipinski definition) is 6. The Balaban J connectivity index is 2.81. The summed E-state index contributed by atoms with van der Waals surface area (Å²) in [5, 5.41) is 36.0. The molecule has 5 atom stereocenters. The Bertz CT molecular complexity index is 203. The van der Waals surface area contributed by atoms with Crippen LogP contribution in [-0.2, 0) is 9.68 Å². The summed E-state index contributed by atoms with van der Waals surface area (Å²) in [7, 11) is 0. The fraction of sp³-hybridized carbons (Fsp3) is 1.00. The van der Waals surface area contributed by atoms with Crippen molar-refractivity contribution in [2.24, 2.45) is 0 Å². The van der Waals surface area contributed by atoms with Gasteiger partial charge in [-0.3, -0.25) is 0 Å². The molecular formula is C6H10F2O6. The van der Waals surface area contributed by atoms with Gasteiger partial charge in [-0.1, -0.05) is 0 Å². The fourth-order valence-electron chi connectivity index (χ4n) is 1.23. The van der Waals surface area contributed by atoms with Crippen molar-refractivity contribution >= 4 is 0 Å². The van der Waals surface area contributed by atoms with Crippen LogP contribution in [0.4, 0.5) is 8.92 Å². The van der Waals surface area contributed by atoms with Crippen molar-refractivity contribution in [3.63, 3.8) is 0 Å². The quantitative estimate of drug-likeness (QED) is 0.435. The van der Waals surface area contributed by atoms with Crippen molar-refractivity contribution in [1.82, 2.24) is 0 Å². The predicted octanol–water partition coefficient (Wildman–Crippen LogP) is -2.02. The maximum atomic E-state index is 12.6. The molecule has 1 aliphatic heterocycles. The molecule has 4 N–H and O–H groups in total. The molecule has 0 saturated carbocycles. The largest absolute Gasteiger partial charge is 0.394 e. The van der Waals surface area contributed by atoms with Crippen molar-refractivity contribution in [2.75, 3.05) is 6.61 Å². The van der Waals surface area contributed by atoms with E-state index in [1.54, 1.807) is 0 Å². The summed E-state index contributed by atoms with van der Waals surface area (Å²) in [6.45, 7) is -0.764. The van der Waals surface area contributed by atoms with Crippen LogP contribution in [0.15, 0.2) is 0 Å². The normalized spacial score (nSPS) is 45.4. The van der Waals surface area contributed by atoms with Crippen LogP contribution in [0.5, 0.6) is 0 Å². The summed E-state index contributed by atoms with van der Waals surface area (Å²) in [6.07, 6.45) is -8.20. The van der Waals surface area contributed by atoms with Crippen molar-refractivity contribution in [3.05, 3.63) is 0 Å². The number of hydrogen-bond donors (Lipinski definition) is 4. The molecule has 14 heavy (non-hydrogen) atoms. The molecule has 84 valence electrons. The summed E-state index contributed by atoms with van der Waals surface area (Å²) in [5.41, 5.74) is 0. The third-order valence-corrected chi connectivity index (χ3v) is 2.05. The second kappa shape index (κ2) is 4.01. The molecule has 1 fully saturated rings. The lowest BCUT2D eigenvalue weighted by Gasteiger charge is -2.26. The van der Waals surface area contributed by atoms with Gasteiger partial charge >= 0.3 is 0 Å². The smallest absolute Gasteiger partial charge is 0.292 e. The molecule has 1 rings (SSSR count). The number of alkyl halides is 1. The molecule has 0 aliphatic carbocycles. The van der Waals surface area contributed by atoms with Gasteiger partial charge in [0.05, 0.1) is 6.61 Å². The first-order valence-electron chi connectivity index (χ1n) is 3.76. The van der Waals surface area contributed by atoms with Gasteiger partial charge in [-0.25, -0.2) is 4.39 Å². The molecule has 0 aromatic carbocycles. The zero-order valence-electron chi connectivity index (χ0n) is 6.88. The lowest BCUT2D eigenvalue weighted by atomic mass is 10.1. The van der Waals surface area contributed by atoms with Gasteiger partial charge in [-0.05, 0) is 4.53 Å². The number of halogens is 2. The fourth-order valence-corrected chi connectivity index (χ4v) is 1.23. The zero-order valence-corrected chi connectivity index (χ0v) is 6.88. The average molecular weight is 216 g/mol. The summed E-state index contributed by atoms with van der Waals surface area (Å²) < 4.78 is 28.4. The lowest BCUT2D eigenvalue weighted by molar-refractivity contribution is -0.367. The molecule has 1 saturated heterocycles. The Morgan fingerprint density at radius 2 is 2.07 bits per heavy atom. The minimum atomic E-state index is -3.01. The highest BCUT2D eigenvalue weighted by molar-refractivity contribution is 4.96. The third kappa shape index (κ3) is 1.60. The van der Waals surface area contributed by atoms with Gasteiger partial charge in [0, 0.05) is 0 Å². The molecular weight excluding hydrogens is 206 g/mol. The molecule has 0 bridgehead atoms. The maximum absolute atomic E-state index is 12.6. The summed E-state index contributed by atoms with van der Waals surface area (Å²) in [5.74, 6) is -3.01. The van der Waals surface area contributed by atoms with Crippen LogP contribution >= 0.6 is 0 Å². The van der Waals surface area contributed by atoms with Crippen LogP contribution in [0.2, 0.25) is 0 Å². The number of aliphatic hydroxyl groups is 4. The van der Waals surface area contributed by atoms with Crippen LogP contribution in [0.25, 0.3) is 0 Å². The van der Waals surface area contributed by atoms with E-state index in [9.17, 15) is 14.0 Å². The van der Waals surface area contributed by atoms with Gasteiger partial charge in [0.1, 0.15) is 18.3 Å². The van der Waals surface area contributed by atoms with Crippen LogP contribution in [0, 0.1) is 0 Å². The predicted molar refractivity (Wildman–Crippen MR) is 36.0 cm³/mol. The topological polar surface area (TPSA) is 99.4 Å². The van der Waals surface area contributed by atoms with Crippen LogP contribution in [0.1, 0.15) is 0 Å². The Hall–Kier alpha value is -0.380. The van der Waals surface area contributed by atoms with E-state index < -0.39 is 37.1 Å². The van der Waals surface area contributed by atoms with E-state index in [-0.39, 0.29) is 0 Å². The first-order chi connectivity index (χ1) is 6.47. The second-order valence-electron chi connectivity index (χ2n) is 2.93. The van der Waals surface area contributed by atoms with E-state index in [1.807, 2.05) is 0 Å². The number of aliphatic hydroxyl groups excluding tert-OH is 3. The molecule has 0 aromatic heterocycles. The van der Waals surface area contributed by atoms with Crippen LogP contribution < -0.4 is 0 Å². The van der Waals surface area contributed by atoms with Crippen molar-refractivity contribution in [1.29, 1.82) is 0 Å². The first kappa shape index (κ1) is 11.7. The molecule has 0 radical (unpaired) electrons. The van der Waals surface area contributed by atoms with Crippen molar-refractivity contribution in [3.8, 4) is 0 Å². The Labute approximate surface area is 77.2 Å². The Morgan fingerprint density at radius 1 is 1.50 bits per heavy atom. The van der Waals surface area contributed by atoms with Crippen LogP contribution in [0.3, 0.4) is 0 Å². The van der Waals surface area contributed by atoms with E-state index in [0.29, 0.717) is 0 Å². The maximum Gasteiger partial charge on any atom is 0.292 e. The number of ether oxygens (including phenoxy) is 1. The van der Waals surface area contributed by atoms with Gasteiger partial charge in [0.2, 0.25) is 0 Å². The highest BCUT2D eigenvalue weighted by Gasteiger charge is 2.59. The molecule has 0 spiro atoms. The third-order valence-electron chi connectivity index (χ3n) is 2.05. The highest BCUT2D eigenvalue weighted by Crippen LogP contribution is 2.33. The van der Waals surface area contributed by atoms with E-state index in [4.69, 9.17) is 15.3 Å². The Morgan fingerprint density at radius 3 is 2.43 bits per heavy atom. The summed E-state index contributed by atoms with van der Waals surface area (Å²) in [4.78, 5) is 2.65. The Kier molecular flexibility index (Phi) is 3.35. The van der Waals surface area contributed by atoms with Crippen LogP contribution in [-0.4, -0.2) is 57.5 Å². The standard InChI is InChI=1S/C6H10F2O6/c7-5(14-8)6(12)4(11)3(10)2(1-9)13-6/h2-5,9-12H,1H2/t2-,3-,4+,5?,6?/m1/s1. The minimum absolute atomic E-state index is 0.764. The summed E-state index contributed by atoms with van der Waals surface area (Å²) >= 11 is 0. The average Bonchev–Trinajstić information content (AvgIpc) is 2.42. The molecule has 1 heterocycles. The molecule has 8 heteroatoms. The van der Waals surface area contributed by atoms with E-state index in [0.717, 1.165) is 0 Å². The first-order valence-corrected chi connectivity index (χ1v) is 3.76. The second-order valence-corrected chi connectivity index (χ2v) is 2.93. The van der Waals surface area contributed by atoms with E-state index in [2.05, 4.69) is 9.68 Å². The summed E-state index contributed by atoms with van der Waals surface area (Å²) in [6, 6.07) is 0. The van der Waals surface area contributed by atoms with E-state index in [1.165, 1.54) is 0 Å². The molecule has 2 unspecified atom stereocenters. The van der Waals surface area contributed by atoms with Gasteiger partial charge < -0.3 is 25.2 Å². The number of rotatable bonds is 3. The molecule has 0 aromatic rings. The van der Waals surface area contributed by atoms with Gasteiger partial charge in [0.25, 0.3) is 12.1 Å². The van der Waals surface area contributed by atoms with Gasteiger partial charge in [-0.15, -0.1) is 0 Å². The van der Waals surface area contributed by atoms with Gasteiger partial charge in [-0.2, -0.15) is 4.94 Å². The monoisotopic (exact) mass is 216 g/mol. The van der Waals surface area contributed by atoms with Crippen molar-refractivity contribution < 1.29 is 39.0 Å². The highest BCUT2D eigenvalue weighted by atomic mass is 19.3. The zero-order chi connectivity index (χ0) is 10.9. The molecule has 0 amide bonds. The lowest BCUT2D eigenvalue weighted by Crippen LogP contribution is -2.50.